The molecular weight excluding hydrogens is 312 g/mol. The highest BCUT2D eigenvalue weighted by atomic mass is 16.5. The molecule has 2 rings (SSSR count). The molecule has 2 aromatic rings. The van der Waals surface area contributed by atoms with Gasteiger partial charge in [-0.2, -0.15) is 0 Å². The molecule has 0 aliphatic rings. The molecule has 0 aliphatic carbocycles. The van der Waals surface area contributed by atoms with Crippen LogP contribution in [0, 0.1) is 13.8 Å². The molecular formula is C21H30N2O2. The molecule has 1 N–H and O–H groups in total. The van der Waals surface area contributed by atoms with Gasteiger partial charge in [-0.3, -0.25) is 4.79 Å². The van der Waals surface area contributed by atoms with Gasteiger partial charge < -0.3 is 14.6 Å². The van der Waals surface area contributed by atoms with Gasteiger partial charge in [0.25, 0.3) is 5.91 Å². The number of carbonyl (C=O) groups excluding carboxylic acids is 1. The highest BCUT2D eigenvalue weighted by molar-refractivity contribution is 5.95. The Morgan fingerprint density at radius 2 is 2.00 bits per heavy atom. The number of hydrogen-bond acceptors (Lipinski definition) is 2. The van der Waals surface area contributed by atoms with Crippen molar-refractivity contribution in [2.45, 2.75) is 60.0 Å². The number of nitrogens with zero attached hydrogens (tertiary/aromatic N) is 1. The average Bonchev–Trinajstić information content (AvgIpc) is 2.84. The summed E-state index contributed by atoms with van der Waals surface area (Å²) >= 11 is 0. The Labute approximate surface area is 151 Å². The number of amides is 1. The molecule has 1 atom stereocenters. The third-order valence-corrected chi connectivity index (χ3v) is 4.95. The van der Waals surface area contributed by atoms with Crippen LogP contribution >= 0.6 is 0 Å². The first-order chi connectivity index (χ1) is 11.9. The van der Waals surface area contributed by atoms with E-state index in [2.05, 4.69) is 43.6 Å². The highest BCUT2D eigenvalue weighted by Crippen LogP contribution is 2.25. The molecule has 1 aromatic carbocycles. The molecule has 0 fully saturated rings. The maximum atomic E-state index is 12.9. The van der Waals surface area contributed by atoms with Gasteiger partial charge in [0.1, 0.15) is 11.4 Å². The second-order valence-corrected chi connectivity index (χ2v) is 6.61. The summed E-state index contributed by atoms with van der Waals surface area (Å²) in [6.45, 7) is 11.1. The fraction of sp³-hybridized carbons (Fsp3) is 0.476. The lowest BCUT2D eigenvalue weighted by Crippen LogP contribution is -2.34. The summed E-state index contributed by atoms with van der Waals surface area (Å²) in [4.78, 5) is 12.9. The molecule has 136 valence electrons. The maximum Gasteiger partial charge on any atom is 0.268 e. The van der Waals surface area contributed by atoms with Gasteiger partial charge in [0, 0.05) is 18.3 Å². The average molecular weight is 342 g/mol. The monoisotopic (exact) mass is 342 g/mol. The number of aromatic nitrogens is 1. The normalized spacial score (nSPS) is 12.1. The van der Waals surface area contributed by atoms with E-state index < -0.39 is 0 Å². The first-order valence-electron chi connectivity index (χ1n) is 9.05. The van der Waals surface area contributed by atoms with E-state index in [0.717, 1.165) is 41.1 Å². The molecule has 1 amide bonds. The second-order valence-electron chi connectivity index (χ2n) is 6.61. The number of carbonyl (C=O) groups is 1. The van der Waals surface area contributed by atoms with Crippen LogP contribution in [0.3, 0.4) is 0 Å². The summed E-state index contributed by atoms with van der Waals surface area (Å²) in [6.07, 6.45) is 1.84. The lowest BCUT2D eigenvalue weighted by atomic mass is 10.1. The predicted molar refractivity (Wildman–Crippen MR) is 103 cm³/mol. The first kappa shape index (κ1) is 19.1. The van der Waals surface area contributed by atoms with Crippen molar-refractivity contribution in [2.24, 2.45) is 0 Å². The van der Waals surface area contributed by atoms with Gasteiger partial charge in [-0.15, -0.1) is 0 Å². The van der Waals surface area contributed by atoms with Crippen molar-refractivity contribution in [3.05, 3.63) is 52.3 Å². The molecule has 0 spiro atoms. The Morgan fingerprint density at radius 3 is 2.60 bits per heavy atom. The molecule has 25 heavy (non-hydrogen) atoms. The first-order valence-corrected chi connectivity index (χ1v) is 9.05. The standard InChI is InChI=1S/C21H30N2O2/c1-7-14(3)22-21(24)20-15(4)19(8-2)16(5)23(20)13-17-10-9-11-18(12-17)25-6/h9-12,14H,7-8,13H2,1-6H3,(H,22,24)/t14-/m0/s1. The van der Waals surface area contributed by atoms with Crippen LogP contribution in [0.1, 0.15) is 60.1 Å². The van der Waals surface area contributed by atoms with Crippen LogP contribution < -0.4 is 10.1 Å². The van der Waals surface area contributed by atoms with Crippen molar-refractivity contribution in [1.29, 1.82) is 0 Å². The van der Waals surface area contributed by atoms with Crippen LogP contribution in [-0.4, -0.2) is 23.6 Å². The minimum atomic E-state index is 0.0116. The second kappa shape index (κ2) is 8.24. The van der Waals surface area contributed by atoms with Gasteiger partial charge in [0.2, 0.25) is 0 Å². The minimum absolute atomic E-state index is 0.0116. The fourth-order valence-electron chi connectivity index (χ4n) is 3.31. The highest BCUT2D eigenvalue weighted by Gasteiger charge is 2.22. The summed E-state index contributed by atoms with van der Waals surface area (Å²) in [7, 11) is 1.67. The lowest BCUT2D eigenvalue weighted by molar-refractivity contribution is 0.0929. The van der Waals surface area contributed by atoms with Crippen molar-refractivity contribution < 1.29 is 9.53 Å². The number of nitrogens with one attached hydrogen (secondary N) is 1. The van der Waals surface area contributed by atoms with Gasteiger partial charge in [0.15, 0.2) is 0 Å². The molecule has 0 saturated heterocycles. The van der Waals surface area contributed by atoms with Crippen LogP contribution in [0.15, 0.2) is 24.3 Å². The van der Waals surface area contributed by atoms with Gasteiger partial charge in [-0.25, -0.2) is 0 Å². The van der Waals surface area contributed by atoms with E-state index in [1.807, 2.05) is 25.1 Å². The Hall–Kier alpha value is -2.23. The largest absolute Gasteiger partial charge is 0.497 e. The van der Waals surface area contributed by atoms with Gasteiger partial charge >= 0.3 is 0 Å². The van der Waals surface area contributed by atoms with Crippen molar-refractivity contribution in [3.8, 4) is 5.75 Å². The van der Waals surface area contributed by atoms with Crippen molar-refractivity contribution in [2.75, 3.05) is 7.11 Å². The third kappa shape index (κ3) is 4.06. The molecule has 0 saturated carbocycles. The van der Waals surface area contributed by atoms with Crippen molar-refractivity contribution in [1.82, 2.24) is 9.88 Å². The minimum Gasteiger partial charge on any atom is -0.497 e. The molecule has 0 bridgehead atoms. The number of ether oxygens (including phenoxy) is 1. The number of methoxy groups -OCH3 is 1. The Morgan fingerprint density at radius 1 is 1.28 bits per heavy atom. The van der Waals surface area contributed by atoms with E-state index in [1.165, 1.54) is 5.56 Å². The maximum absolute atomic E-state index is 12.9. The summed E-state index contributed by atoms with van der Waals surface area (Å²) in [6, 6.07) is 8.18. The zero-order chi connectivity index (χ0) is 18.6. The number of rotatable bonds is 7. The van der Waals surface area contributed by atoms with Crippen LogP contribution in [0.4, 0.5) is 0 Å². The zero-order valence-electron chi connectivity index (χ0n) is 16.3. The lowest BCUT2D eigenvalue weighted by Gasteiger charge is -2.16. The van der Waals surface area contributed by atoms with Gasteiger partial charge in [0.05, 0.1) is 7.11 Å². The van der Waals surface area contributed by atoms with E-state index in [1.54, 1.807) is 7.11 Å². The molecule has 0 radical (unpaired) electrons. The predicted octanol–water partition coefficient (Wildman–Crippen LogP) is 4.25. The summed E-state index contributed by atoms with van der Waals surface area (Å²) in [5, 5.41) is 3.12. The van der Waals surface area contributed by atoms with Crippen LogP contribution in [-0.2, 0) is 13.0 Å². The quantitative estimate of drug-likeness (QED) is 0.817. The summed E-state index contributed by atoms with van der Waals surface area (Å²) in [5.74, 6) is 0.845. The molecule has 0 unspecified atom stereocenters. The fourth-order valence-corrected chi connectivity index (χ4v) is 3.31. The van der Waals surface area contributed by atoms with Crippen molar-refractivity contribution >= 4 is 5.91 Å². The van der Waals surface area contributed by atoms with Gasteiger partial charge in [-0.05, 0) is 62.4 Å². The van der Waals surface area contributed by atoms with E-state index in [0.29, 0.717) is 6.54 Å². The Bertz CT molecular complexity index is 747. The van der Waals surface area contributed by atoms with E-state index in [4.69, 9.17) is 4.74 Å². The summed E-state index contributed by atoms with van der Waals surface area (Å²) in [5.41, 5.74) is 5.41. The summed E-state index contributed by atoms with van der Waals surface area (Å²) < 4.78 is 7.47. The van der Waals surface area contributed by atoms with Crippen molar-refractivity contribution in [3.63, 3.8) is 0 Å². The molecule has 1 aromatic heterocycles. The molecule has 0 aliphatic heterocycles. The van der Waals surface area contributed by atoms with Crippen LogP contribution in [0.25, 0.3) is 0 Å². The smallest absolute Gasteiger partial charge is 0.268 e. The SMILES string of the molecule is CCc1c(C)c(C(=O)N[C@@H](C)CC)n(Cc2cccc(OC)c2)c1C. The van der Waals surface area contributed by atoms with E-state index in [-0.39, 0.29) is 11.9 Å². The van der Waals surface area contributed by atoms with Crippen LogP contribution in [0.2, 0.25) is 0 Å². The van der Waals surface area contributed by atoms with Gasteiger partial charge in [-0.1, -0.05) is 26.0 Å². The van der Waals surface area contributed by atoms with E-state index >= 15 is 0 Å². The molecule has 4 heteroatoms. The Balaban J connectivity index is 2.46. The van der Waals surface area contributed by atoms with E-state index in [9.17, 15) is 4.79 Å². The number of benzene rings is 1. The van der Waals surface area contributed by atoms with Crippen LogP contribution in [0.5, 0.6) is 5.75 Å². The molecule has 4 nitrogen and oxygen atoms in total. The Kier molecular flexibility index (Phi) is 6.29. The number of hydrogen-bond donors (Lipinski definition) is 1. The molecule has 1 heterocycles. The third-order valence-electron chi connectivity index (χ3n) is 4.95. The topological polar surface area (TPSA) is 43.3 Å². The zero-order valence-corrected chi connectivity index (χ0v) is 16.3.